The van der Waals surface area contributed by atoms with Crippen molar-refractivity contribution < 1.29 is 18.8 Å². The number of carbonyl (C=O) groups is 3. The van der Waals surface area contributed by atoms with E-state index in [9.17, 15) is 19.6 Å². The summed E-state index contributed by atoms with van der Waals surface area (Å²) >= 11 is 0. The molecule has 0 spiro atoms. The Hall–Kier alpha value is -2.82. The molecule has 8 nitrogen and oxygen atoms in total. The summed E-state index contributed by atoms with van der Waals surface area (Å²) in [7, 11) is 0. The molecule has 1 saturated carbocycles. The molecule has 132 valence electrons. The van der Waals surface area contributed by atoms with Gasteiger partial charge in [0, 0.05) is 0 Å². The lowest BCUT2D eigenvalue weighted by molar-refractivity contribution is -0.135. The van der Waals surface area contributed by atoms with Crippen LogP contribution in [0.3, 0.4) is 0 Å². The number of amides is 4. The van der Waals surface area contributed by atoms with Crippen LogP contribution in [-0.4, -0.2) is 34.8 Å². The first-order chi connectivity index (χ1) is 11.9. The number of nitriles is 1. The molecule has 1 aliphatic heterocycles. The van der Waals surface area contributed by atoms with Crippen LogP contribution in [0, 0.1) is 11.3 Å². The Morgan fingerprint density at radius 3 is 2.72 bits per heavy atom. The first-order valence-corrected chi connectivity index (χ1v) is 8.31. The molecule has 1 unspecified atom stereocenters. The molecule has 0 bridgehead atoms. The SMILES string of the molecule is CC1(c2ccco2)NC(=O)N(CC(=O)NC2(C#N)CCCCC2)C1=O. The molecule has 1 saturated heterocycles. The molecule has 0 radical (unpaired) electrons. The summed E-state index contributed by atoms with van der Waals surface area (Å²) in [5, 5.41) is 14.7. The lowest BCUT2D eigenvalue weighted by Crippen LogP contribution is -2.52. The summed E-state index contributed by atoms with van der Waals surface area (Å²) in [6.07, 6.45) is 5.35. The van der Waals surface area contributed by atoms with E-state index >= 15 is 0 Å². The van der Waals surface area contributed by atoms with Gasteiger partial charge in [0.05, 0.1) is 12.3 Å². The highest BCUT2D eigenvalue weighted by molar-refractivity contribution is 6.08. The summed E-state index contributed by atoms with van der Waals surface area (Å²) in [5.41, 5.74) is -2.24. The lowest BCUT2D eigenvalue weighted by Gasteiger charge is -2.32. The molecule has 0 aromatic carbocycles. The molecule has 1 aliphatic carbocycles. The summed E-state index contributed by atoms with van der Waals surface area (Å²) in [6.45, 7) is 1.10. The second-order valence-corrected chi connectivity index (χ2v) is 6.73. The van der Waals surface area contributed by atoms with E-state index in [2.05, 4.69) is 16.7 Å². The van der Waals surface area contributed by atoms with Gasteiger partial charge in [0.15, 0.2) is 5.54 Å². The maximum atomic E-state index is 12.7. The fourth-order valence-electron chi connectivity index (χ4n) is 3.44. The number of hydrogen-bond acceptors (Lipinski definition) is 5. The van der Waals surface area contributed by atoms with Crippen LogP contribution in [0.5, 0.6) is 0 Å². The number of rotatable bonds is 4. The molecule has 2 N–H and O–H groups in total. The minimum atomic E-state index is -1.33. The first kappa shape index (κ1) is 17.0. The van der Waals surface area contributed by atoms with Crippen molar-refractivity contribution in [2.24, 2.45) is 0 Å². The van der Waals surface area contributed by atoms with Gasteiger partial charge in [0.2, 0.25) is 5.91 Å². The second-order valence-electron chi connectivity index (χ2n) is 6.73. The van der Waals surface area contributed by atoms with E-state index in [4.69, 9.17) is 4.42 Å². The molecule has 4 amide bonds. The van der Waals surface area contributed by atoms with E-state index in [-0.39, 0.29) is 0 Å². The van der Waals surface area contributed by atoms with E-state index in [1.807, 2.05) is 0 Å². The second kappa shape index (κ2) is 6.24. The fraction of sp³-hybridized carbons (Fsp3) is 0.529. The molecular formula is C17H20N4O4. The highest BCUT2D eigenvalue weighted by Gasteiger charge is 2.51. The van der Waals surface area contributed by atoms with Gasteiger partial charge in [0.25, 0.3) is 5.91 Å². The Bertz CT molecular complexity index is 730. The van der Waals surface area contributed by atoms with Gasteiger partial charge in [-0.1, -0.05) is 19.3 Å². The topological polar surface area (TPSA) is 115 Å². The van der Waals surface area contributed by atoms with Crippen molar-refractivity contribution >= 4 is 17.8 Å². The summed E-state index contributed by atoms with van der Waals surface area (Å²) < 4.78 is 5.24. The van der Waals surface area contributed by atoms with Crippen molar-refractivity contribution in [3.63, 3.8) is 0 Å². The molecule has 2 heterocycles. The lowest BCUT2D eigenvalue weighted by atomic mass is 9.83. The molecule has 25 heavy (non-hydrogen) atoms. The predicted molar refractivity (Wildman–Crippen MR) is 85.9 cm³/mol. The van der Waals surface area contributed by atoms with E-state index in [1.165, 1.54) is 13.2 Å². The van der Waals surface area contributed by atoms with Gasteiger partial charge in [-0.15, -0.1) is 0 Å². The maximum Gasteiger partial charge on any atom is 0.325 e. The Morgan fingerprint density at radius 2 is 2.12 bits per heavy atom. The summed E-state index contributed by atoms with van der Waals surface area (Å²) in [5.74, 6) is -0.776. The number of nitrogens with one attached hydrogen (secondary N) is 2. The molecule has 1 aromatic heterocycles. The normalized spacial score (nSPS) is 25.4. The number of urea groups is 1. The van der Waals surface area contributed by atoms with Crippen molar-refractivity contribution in [3.05, 3.63) is 24.2 Å². The van der Waals surface area contributed by atoms with Gasteiger partial charge in [-0.3, -0.25) is 14.5 Å². The van der Waals surface area contributed by atoms with Crippen molar-refractivity contribution in [1.82, 2.24) is 15.5 Å². The zero-order chi connectivity index (χ0) is 18.1. The number of nitrogens with zero attached hydrogens (tertiary/aromatic N) is 2. The minimum Gasteiger partial charge on any atom is -0.466 e. The summed E-state index contributed by atoms with van der Waals surface area (Å²) in [4.78, 5) is 38.0. The fourth-order valence-corrected chi connectivity index (χ4v) is 3.44. The zero-order valence-corrected chi connectivity index (χ0v) is 14.0. The molecule has 8 heteroatoms. The van der Waals surface area contributed by atoms with Crippen molar-refractivity contribution in [2.45, 2.75) is 50.1 Å². The maximum absolute atomic E-state index is 12.7. The third-order valence-corrected chi connectivity index (χ3v) is 4.89. The van der Waals surface area contributed by atoms with Crippen molar-refractivity contribution in [1.29, 1.82) is 5.26 Å². The quantitative estimate of drug-likeness (QED) is 0.801. The summed E-state index contributed by atoms with van der Waals surface area (Å²) in [6, 6.07) is 4.74. The highest BCUT2D eigenvalue weighted by Crippen LogP contribution is 2.30. The van der Waals surface area contributed by atoms with Gasteiger partial charge in [-0.25, -0.2) is 4.79 Å². The smallest absolute Gasteiger partial charge is 0.325 e. The van der Waals surface area contributed by atoms with E-state index < -0.39 is 35.5 Å². The van der Waals surface area contributed by atoms with Crippen LogP contribution in [0.1, 0.15) is 44.8 Å². The molecule has 1 atom stereocenters. The molecule has 2 aliphatic rings. The van der Waals surface area contributed by atoms with Crippen LogP contribution in [-0.2, 0) is 15.1 Å². The zero-order valence-electron chi connectivity index (χ0n) is 14.0. The van der Waals surface area contributed by atoms with Gasteiger partial charge in [0.1, 0.15) is 17.8 Å². The molecule has 2 fully saturated rings. The third kappa shape index (κ3) is 2.97. The molecular weight excluding hydrogens is 324 g/mol. The van der Waals surface area contributed by atoms with E-state index in [0.29, 0.717) is 18.6 Å². The van der Waals surface area contributed by atoms with Crippen LogP contribution < -0.4 is 10.6 Å². The van der Waals surface area contributed by atoms with Crippen molar-refractivity contribution in [3.8, 4) is 6.07 Å². The Kier molecular flexibility index (Phi) is 4.25. The Morgan fingerprint density at radius 1 is 1.40 bits per heavy atom. The number of hydrogen-bond donors (Lipinski definition) is 2. The number of imide groups is 1. The number of carbonyl (C=O) groups excluding carboxylic acids is 3. The largest absolute Gasteiger partial charge is 0.466 e. The predicted octanol–water partition coefficient (Wildman–Crippen LogP) is 1.39. The van der Waals surface area contributed by atoms with Crippen LogP contribution in [0.4, 0.5) is 4.79 Å². The first-order valence-electron chi connectivity index (χ1n) is 8.31. The molecule has 3 rings (SSSR count). The minimum absolute atomic E-state index is 0.300. The Balaban J connectivity index is 1.70. The van der Waals surface area contributed by atoms with E-state index in [1.54, 1.807) is 12.1 Å². The monoisotopic (exact) mass is 344 g/mol. The number of furan rings is 1. The van der Waals surface area contributed by atoms with Gasteiger partial charge in [-0.05, 0) is 31.9 Å². The van der Waals surface area contributed by atoms with Gasteiger partial charge in [-0.2, -0.15) is 5.26 Å². The third-order valence-electron chi connectivity index (χ3n) is 4.89. The molecule has 1 aromatic rings. The van der Waals surface area contributed by atoms with Crippen LogP contribution in [0.25, 0.3) is 0 Å². The van der Waals surface area contributed by atoms with Gasteiger partial charge < -0.3 is 15.1 Å². The van der Waals surface area contributed by atoms with E-state index in [0.717, 1.165) is 24.2 Å². The van der Waals surface area contributed by atoms with Crippen molar-refractivity contribution in [2.75, 3.05) is 6.54 Å². The average Bonchev–Trinajstić information content (AvgIpc) is 3.20. The Labute approximate surface area is 145 Å². The van der Waals surface area contributed by atoms with Crippen LogP contribution in [0.2, 0.25) is 0 Å². The standard InChI is InChI=1S/C17H20N4O4/c1-16(12-6-5-9-25-12)14(23)21(15(24)20-16)10-13(22)19-17(11-18)7-3-2-4-8-17/h5-6,9H,2-4,7-8,10H2,1H3,(H,19,22)(H,20,24). The van der Waals surface area contributed by atoms with Gasteiger partial charge >= 0.3 is 6.03 Å². The highest BCUT2D eigenvalue weighted by atomic mass is 16.3. The van der Waals surface area contributed by atoms with Crippen LogP contribution in [0.15, 0.2) is 22.8 Å². The van der Waals surface area contributed by atoms with Crippen LogP contribution >= 0.6 is 0 Å². The average molecular weight is 344 g/mol.